The molecular formula is C22H18N2O4. The van der Waals surface area contributed by atoms with E-state index in [2.05, 4.69) is 5.32 Å². The van der Waals surface area contributed by atoms with E-state index in [1.54, 1.807) is 31.4 Å². The van der Waals surface area contributed by atoms with Crippen molar-refractivity contribution >= 4 is 23.7 Å². The van der Waals surface area contributed by atoms with Crippen LogP contribution in [0.5, 0.6) is 5.75 Å². The summed E-state index contributed by atoms with van der Waals surface area (Å²) >= 11 is 0. The summed E-state index contributed by atoms with van der Waals surface area (Å²) in [6, 6.07) is 13.6. The van der Waals surface area contributed by atoms with E-state index < -0.39 is 17.9 Å². The van der Waals surface area contributed by atoms with E-state index in [0.717, 1.165) is 11.1 Å². The number of Topliss-reactive ketones (excluding diaryl/α,β-unsaturated/α-hetero) is 1. The molecule has 0 aliphatic carbocycles. The first kappa shape index (κ1) is 16.7. The van der Waals surface area contributed by atoms with Crippen molar-refractivity contribution in [1.29, 1.82) is 0 Å². The van der Waals surface area contributed by atoms with Crippen molar-refractivity contribution in [2.75, 3.05) is 7.11 Å². The summed E-state index contributed by atoms with van der Waals surface area (Å²) in [6.07, 6.45) is 3.78. The van der Waals surface area contributed by atoms with Crippen LogP contribution in [0.3, 0.4) is 0 Å². The number of amides is 2. The third-order valence-corrected chi connectivity index (χ3v) is 5.95. The van der Waals surface area contributed by atoms with Crippen molar-refractivity contribution in [2.45, 2.75) is 12.1 Å². The van der Waals surface area contributed by atoms with Crippen LogP contribution < -0.4 is 10.1 Å². The Hall–Kier alpha value is -3.41. The number of rotatable bonds is 3. The second kappa shape index (κ2) is 6.05. The third-order valence-electron chi connectivity index (χ3n) is 5.95. The van der Waals surface area contributed by atoms with Gasteiger partial charge < -0.3 is 9.64 Å². The molecule has 0 radical (unpaired) electrons. The van der Waals surface area contributed by atoms with Crippen molar-refractivity contribution in [2.24, 2.45) is 11.8 Å². The smallest absolute Gasteiger partial charge is 0.233 e. The molecule has 4 atom stereocenters. The summed E-state index contributed by atoms with van der Waals surface area (Å²) in [7, 11) is 1.56. The van der Waals surface area contributed by atoms with Crippen molar-refractivity contribution in [1.82, 2.24) is 10.2 Å². The summed E-state index contributed by atoms with van der Waals surface area (Å²) in [5.74, 6) is -1.48. The predicted molar refractivity (Wildman–Crippen MR) is 101 cm³/mol. The summed E-state index contributed by atoms with van der Waals surface area (Å²) in [6.45, 7) is 0. The van der Waals surface area contributed by atoms with Crippen LogP contribution in [0.1, 0.15) is 27.5 Å². The molecule has 6 heteroatoms. The number of carbonyl (C=O) groups excluding carboxylic acids is 3. The highest BCUT2D eigenvalue weighted by atomic mass is 16.5. The Kier molecular flexibility index (Phi) is 3.62. The van der Waals surface area contributed by atoms with Crippen molar-refractivity contribution in [3.8, 4) is 5.75 Å². The van der Waals surface area contributed by atoms with Gasteiger partial charge in [0, 0.05) is 11.8 Å². The zero-order valence-electron chi connectivity index (χ0n) is 15.2. The second-order valence-corrected chi connectivity index (χ2v) is 7.28. The molecule has 0 aromatic heterocycles. The van der Waals surface area contributed by atoms with Crippen molar-refractivity contribution in [3.05, 3.63) is 71.4 Å². The number of fused-ring (bicyclic) bond motifs is 5. The topological polar surface area (TPSA) is 75.7 Å². The molecule has 2 fully saturated rings. The highest BCUT2D eigenvalue weighted by Gasteiger charge is 2.61. The van der Waals surface area contributed by atoms with E-state index in [1.165, 1.54) is 0 Å². The summed E-state index contributed by atoms with van der Waals surface area (Å²) in [5, 5.41) is 2.44. The number of ether oxygens (including phenoxy) is 1. The van der Waals surface area contributed by atoms with Gasteiger partial charge in [0.05, 0.1) is 25.0 Å². The zero-order valence-corrected chi connectivity index (χ0v) is 15.2. The zero-order chi connectivity index (χ0) is 19.4. The fourth-order valence-electron chi connectivity index (χ4n) is 4.70. The molecule has 2 aromatic rings. The van der Waals surface area contributed by atoms with Gasteiger partial charge in [-0.15, -0.1) is 0 Å². The van der Waals surface area contributed by atoms with E-state index in [1.807, 2.05) is 41.4 Å². The van der Waals surface area contributed by atoms with Gasteiger partial charge in [-0.3, -0.25) is 19.7 Å². The molecule has 6 nitrogen and oxygen atoms in total. The molecule has 3 aliphatic heterocycles. The maximum Gasteiger partial charge on any atom is 0.233 e. The van der Waals surface area contributed by atoms with E-state index in [4.69, 9.17) is 4.74 Å². The summed E-state index contributed by atoms with van der Waals surface area (Å²) in [4.78, 5) is 40.5. The number of hydrogen-bond donors (Lipinski definition) is 1. The Morgan fingerprint density at radius 1 is 1.00 bits per heavy atom. The van der Waals surface area contributed by atoms with Crippen LogP contribution in [0.25, 0.3) is 6.08 Å². The minimum absolute atomic E-state index is 0.172. The summed E-state index contributed by atoms with van der Waals surface area (Å²) in [5.41, 5.74) is 2.46. The first-order chi connectivity index (χ1) is 13.6. The normalized spacial score (nSPS) is 27.1. The van der Waals surface area contributed by atoms with Gasteiger partial charge in [0.2, 0.25) is 11.8 Å². The fourth-order valence-corrected chi connectivity index (χ4v) is 4.70. The van der Waals surface area contributed by atoms with E-state index in [0.29, 0.717) is 11.3 Å². The van der Waals surface area contributed by atoms with Crippen molar-refractivity contribution in [3.63, 3.8) is 0 Å². The number of imide groups is 1. The number of nitrogens with zero attached hydrogens (tertiary/aromatic N) is 1. The number of carbonyl (C=O) groups is 3. The molecule has 2 amide bonds. The molecule has 2 saturated heterocycles. The molecule has 0 spiro atoms. The molecule has 1 unspecified atom stereocenters. The minimum Gasteiger partial charge on any atom is -0.497 e. The lowest BCUT2D eigenvalue weighted by Gasteiger charge is -2.34. The SMILES string of the molecule is COc1ccc(C(=O)[C@@H]2[C@@H]3C(=O)NC(=O)[C@@H]3C3c4ccccc4C=CN32)cc1. The second-order valence-electron chi connectivity index (χ2n) is 7.28. The van der Waals surface area contributed by atoms with Gasteiger partial charge in [0.25, 0.3) is 0 Å². The standard InChI is InChI=1S/C22H18N2O4/c1-28-14-8-6-13(7-9-14)20(25)19-17-16(21(26)23-22(17)27)18-15-5-3-2-4-12(15)10-11-24(18)19/h2-11,16-19H,1H3,(H,23,26,27)/t16-,17+,18?,19-/m0/s1. The lowest BCUT2D eigenvalue weighted by atomic mass is 9.83. The van der Waals surface area contributed by atoms with Crippen LogP contribution in [0.2, 0.25) is 0 Å². The number of hydrogen-bond acceptors (Lipinski definition) is 5. The van der Waals surface area contributed by atoms with Gasteiger partial charge in [0.15, 0.2) is 5.78 Å². The average molecular weight is 374 g/mol. The average Bonchev–Trinajstić information content (AvgIpc) is 3.22. The molecule has 0 saturated carbocycles. The third kappa shape index (κ3) is 2.24. The van der Waals surface area contributed by atoms with Crippen LogP contribution in [-0.2, 0) is 9.59 Å². The van der Waals surface area contributed by atoms with Crippen LogP contribution in [0, 0.1) is 11.8 Å². The Morgan fingerprint density at radius 2 is 1.71 bits per heavy atom. The van der Waals surface area contributed by atoms with Gasteiger partial charge in [-0.1, -0.05) is 24.3 Å². The maximum atomic E-state index is 13.4. The monoisotopic (exact) mass is 374 g/mol. The minimum atomic E-state index is -0.723. The van der Waals surface area contributed by atoms with Crippen LogP contribution >= 0.6 is 0 Å². The van der Waals surface area contributed by atoms with E-state index in [-0.39, 0.29) is 23.6 Å². The lowest BCUT2D eigenvalue weighted by molar-refractivity contribution is -0.127. The molecule has 3 aliphatic rings. The number of ketones is 1. The molecule has 0 bridgehead atoms. The highest BCUT2D eigenvalue weighted by Crippen LogP contribution is 2.51. The quantitative estimate of drug-likeness (QED) is 0.658. The van der Waals surface area contributed by atoms with Gasteiger partial charge in [0.1, 0.15) is 11.8 Å². The Morgan fingerprint density at radius 3 is 2.46 bits per heavy atom. The highest BCUT2D eigenvalue weighted by molar-refractivity contribution is 6.12. The Labute approximate surface area is 161 Å². The lowest BCUT2D eigenvalue weighted by Crippen LogP contribution is -2.42. The van der Waals surface area contributed by atoms with Gasteiger partial charge in [-0.25, -0.2) is 0 Å². The van der Waals surface area contributed by atoms with E-state index >= 15 is 0 Å². The molecule has 5 rings (SSSR count). The maximum absolute atomic E-state index is 13.4. The van der Waals surface area contributed by atoms with Gasteiger partial charge in [-0.2, -0.15) is 0 Å². The molecular weight excluding hydrogens is 356 g/mol. The van der Waals surface area contributed by atoms with Crippen LogP contribution in [-0.4, -0.2) is 35.6 Å². The number of methoxy groups -OCH3 is 1. The number of benzene rings is 2. The van der Waals surface area contributed by atoms with Crippen molar-refractivity contribution < 1.29 is 19.1 Å². The first-order valence-corrected chi connectivity index (χ1v) is 9.17. The summed E-state index contributed by atoms with van der Waals surface area (Å²) < 4.78 is 5.16. The molecule has 3 heterocycles. The molecule has 140 valence electrons. The first-order valence-electron chi connectivity index (χ1n) is 9.17. The number of nitrogens with one attached hydrogen (secondary N) is 1. The molecule has 1 N–H and O–H groups in total. The van der Waals surface area contributed by atoms with Crippen LogP contribution in [0.4, 0.5) is 0 Å². The van der Waals surface area contributed by atoms with E-state index in [9.17, 15) is 14.4 Å². The molecule has 2 aromatic carbocycles. The Balaban J connectivity index is 1.61. The van der Waals surface area contributed by atoms with Gasteiger partial charge >= 0.3 is 0 Å². The largest absolute Gasteiger partial charge is 0.497 e. The van der Waals surface area contributed by atoms with Crippen LogP contribution in [0.15, 0.2) is 54.7 Å². The molecule has 28 heavy (non-hydrogen) atoms. The predicted octanol–water partition coefficient (Wildman–Crippen LogP) is 2.18. The Bertz CT molecular complexity index is 1030. The fraction of sp³-hybridized carbons (Fsp3) is 0.227. The van der Waals surface area contributed by atoms with Gasteiger partial charge in [-0.05, 0) is 41.5 Å².